The third-order valence-corrected chi connectivity index (χ3v) is 6.24. The Labute approximate surface area is 128 Å². The first-order valence-corrected chi connectivity index (χ1v) is 8.79. The van der Waals surface area contributed by atoms with Crippen molar-refractivity contribution in [3.05, 3.63) is 28.5 Å². The van der Waals surface area contributed by atoms with E-state index in [2.05, 4.69) is 0 Å². The summed E-state index contributed by atoms with van der Waals surface area (Å²) in [5, 5.41) is -0.119. The molecule has 7 heteroatoms. The summed E-state index contributed by atoms with van der Waals surface area (Å²) in [6.45, 7) is 2.99. The van der Waals surface area contributed by atoms with Gasteiger partial charge in [0, 0.05) is 19.0 Å². The summed E-state index contributed by atoms with van der Waals surface area (Å²) in [5.74, 6) is -0.416. The first kappa shape index (κ1) is 16.0. The Bertz CT molecular complexity index is 607. The van der Waals surface area contributed by atoms with E-state index in [9.17, 15) is 12.8 Å². The summed E-state index contributed by atoms with van der Waals surface area (Å²) in [4.78, 5) is -0.0770. The van der Waals surface area contributed by atoms with E-state index in [0.717, 1.165) is 18.9 Å². The predicted molar refractivity (Wildman–Crippen MR) is 78.1 cm³/mol. The minimum Gasteiger partial charge on any atom is -0.207 e. The van der Waals surface area contributed by atoms with Crippen LogP contribution in [0.2, 0.25) is 5.02 Å². The zero-order valence-corrected chi connectivity index (χ0v) is 13.4. The molecule has 3 nitrogen and oxygen atoms in total. The van der Waals surface area contributed by atoms with Crippen LogP contribution in [0.5, 0.6) is 0 Å². The second-order valence-corrected chi connectivity index (χ2v) is 7.52. The van der Waals surface area contributed by atoms with Crippen LogP contribution >= 0.6 is 23.2 Å². The van der Waals surface area contributed by atoms with Crippen LogP contribution in [0.25, 0.3) is 0 Å². The van der Waals surface area contributed by atoms with Crippen LogP contribution in [0.3, 0.4) is 0 Å². The fourth-order valence-electron chi connectivity index (χ4n) is 2.36. The highest BCUT2D eigenvalue weighted by atomic mass is 35.5. The standard InChI is InChI=1S/C13H16Cl2FNO2S/c1-2-9-3-4-17(8-9)20(18,19)11-5-10(7-14)13(15)12(16)6-11/h5-6,9H,2-4,7-8H2,1H3. The van der Waals surface area contributed by atoms with E-state index in [1.54, 1.807) is 0 Å². The number of hydrogen-bond acceptors (Lipinski definition) is 2. The number of hydrogen-bond donors (Lipinski definition) is 0. The normalized spacial score (nSPS) is 20.5. The van der Waals surface area contributed by atoms with Gasteiger partial charge in [0.05, 0.1) is 9.92 Å². The van der Waals surface area contributed by atoms with Gasteiger partial charge >= 0.3 is 0 Å². The molecule has 112 valence electrons. The van der Waals surface area contributed by atoms with Crippen molar-refractivity contribution in [3.8, 4) is 0 Å². The van der Waals surface area contributed by atoms with Crippen LogP contribution < -0.4 is 0 Å². The molecule has 1 heterocycles. The first-order chi connectivity index (χ1) is 9.40. The van der Waals surface area contributed by atoms with E-state index in [1.165, 1.54) is 10.4 Å². The molecule has 0 aliphatic carbocycles. The van der Waals surface area contributed by atoms with E-state index < -0.39 is 15.8 Å². The fraction of sp³-hybridized carbons (Fsp3) is 0.538. The highest BCUT2D eigenvalue weighted by Crippen LogP contribution is 2.30. The molecular formula is C13H16Cl2FNO2S. The zero-order chi connectivity index (χ0) is 14.9. The topological polar surface area (TPSA) is 37.4 Å². The van der Waals surface area contributed by atoms with Crippen molar-refractivity contribution < 1.29 is 12.8 Å². The van der Waals surface area contributed by atoms with E-state index in [-0.39, 0.29) is 21.4 Å². The summed E-state index contributed by atoms with van der Waals surface area (Å²) < 4.78 is 40.1. The van der Waals surface area contributed by atoms with Crippen molar-refractivity contribution in [3.63, 3.8) is 0 Å². The Balaban J connectivity index is 2.38. The maximum atomic E-state index is 13.7. The molecule has 0 amide bonds. The molecule has 1 saturated heterocycles. The van der Waals surface area contributed by atoms with E-state index in [1.807, 2.05) is 6.92 Å². The maximum Gasteiger partial charge on any atom is 0.243 e. The molecule has 1 aliphatic heterocycles. The molecule has 1 atom stereocenters. The van der Waals surface area contributed by atoms with E-state index in [0.29, 0.717) is 19.0 Å². The highest BCUT2D eigenvalue weighted by Gasteiger charge is 2.32. The van der Waals surface area contributed by atoms with Gasteiger partial charge in [0.2, 0.25) is 10.0 Å². The average Bonchev–Trinajstić information content (AvgIpc) is 2.91. The van der Waals surface area contributed by atoms with Gasteiger partial charge in [-0.25, -0.2) is 12.8 Å². The number of sulfonamides is 1. The lowest BCUT2D eigenvalue weighted by Gasteiger charge is -2.17. The van der Waals surface area contributed by atoms with Crippen molar-refractivity contribution in [2.45, 2.75) is 30.5 Å². The molecule has 0 spiro atoms. The van der Waals surface area contributed by atoms with Gasteiger partial charge in [-0.05, 0) is 30.0 Å². The Morgan fingerprint density at radius 3 is 2.70 bits per heavy atom. The number of benzene rings is 1. The molecule has 0 radical (unpaired) electrons. The van der Waals surface area contributed by atoms with Crippen molar-refractivity contribution in [2.75, 3.05) is 13.1 Å². The molecular weight excluding hydrogens is 324 g/mol. The van der Waals surface area contributed by atoms with Gasteiger partial charge < -0.3 is 0 Å². The van der Waals surface area contributed by atoms with Crippen molar-refractivity contribution >= 4 is 33.2 Å². The third kappa shape index (κ3) is 2.96. The minimum absolute atomic E-state index is 0.0311. The second-order valence-electron chi connectivity index (χ2n) is 4.94. The van der Waals surface area contributed by atoms with Crippen LogP contribution in [-0.4, -0.2) is 25.8 Å². The van der Waals surface area contributed by atoms with Gasteiger partial charge in [0.1, 0.15) is 5.82 Å². The van der Waals surface area contributed by atoms with Crippen LogP contribution in [0.1, 0.15) is 25.3 Å². The molecule has 0 bridgehead atoms. The molecule has 0 N–H and O–H groups in total. The van der Waals surface area contributed by atoms with Crippen molar-refractivity contribution in [2.24, 2.45) is 5.92 Å². The summed E-state index contributed by atoms with van der Waals surface area (Å²) in [6, 6.07) is 2.32. The average molecular weight is 340 g/mol. The molecule has 0 aromatic heterocycles. The van der Waals surface area contributed by atoms with Crippen molar-refractivity contribution in [1.82, 2.24) is 4.31 Å². The molecule has 1 aliphatic rings. The zero-order valence-electron chi connectivity index (χ0n) is 11.1. The Hall–Kier alpha value is -0.360. The SMILES string of the molecule is CCC1CCN(S(=O)(=O)c2cc(F)c(Cl)c(CCl)c2)C1. The molecule has 20 heavy (non-hydrogen) atoms. The van der Waals surface area contributed by atoms with Gasteiger partial charge in [-0.15, -0.1) is 11.6 Å². The lowest BCUT2D eigenvalue weighted by molar-refractivity contribution is 0.452. The first-order valence-electron chi connectivity index (χ1n) is 6.44. The molecule has 1 aromatic rings. The number of alkyl halides is 1. The van der Waals surface area contributed by atoms with E-state index >= 15 is 0 Å². The Morgan fingerprint density at radius 1 is 1.45 bits per heavy atom. The Morgan fingerprint density at radius 2 is 2.15 bits per heavy atom. The maximum absolute atomic E-state index is 13.7. The molecule has 2 rings (SSSR count). The quantitative estimate of drug-likeness (QED) is 0.785. The van der Waals surface area contributed by atoms with Gasteiger partial charge in [0.25, 0.3) is 0 Å². The van der Waals surface area contributed by atoms with Gasteiger partial charge in [-0.2, -0.15) is 4.31 Å². The third-order valence-electron chi connectivity index (χ3n) is 3.68. The Kier molecular flexibility index (Phi) is 4.95. The summed E-state index contributed by atoms with van der Waals surface area (Å²) >= 11 is 11.4. The monoisotopic (exact) mass is 339 g/mol. The number of halogens is 3. The lowest BCUT2D eigenvalue weighted by Crippen LogP contribution is -2.29. The van der Waals surface area contributed by atoms with Crippen LogP contribution in [0.15, 0.2) is 17.0 Å². The second kappa shape index (κ2) is 6.18. The summed E-state index contributed by atoms with van der Waals surface area (Å²) in [5.41, 5.74) is 0.290. The molecule has 0 saturated carbocycles. The van der Waals surface area contributed by atoms with Gasteiger partial charge in [-0.1, -0.05) is 24.9 Å². The summed E-state index contributed by atoms with van der Waals surface area (Å²) in [7, 11) is -3.68. The molecule has 1 unspecified atom stereocenters. The largest absolute Gasteiger partial charge is 0.243 e. The van der Waals surface area contributed by atoms with Crippen molar-refractivity contribution in [1.29, 1.82) is 0 Å². The number of rotatable bonds is 4. The molecule has 1 aromatic carbocycles. The fourth-order valence-corrected chi connectivity index (χ4v) is 4.41. The van der Waals surface area contributed by atoms with Crippen LogP contribution in [-0.2, 0) is 15.9 Å². The van der Waals surface area contributed by atoms with Crippen LogP contribution in [0.4, 0.5) is 4.39 Å². The van der Waals surface area contributed by atoms with E-state index in [4.69, 9.17) is 23.2 Å². The highest BCUT2D eigenvalue weighted by molar-refractivity contribution is 7.89. The van der Waals surface area contributed by atoms with Crippen LogP contribution in [0, 0.1) is 11.7 Å². The smallest absolute Gasteiger partial charge is 0.207 e. The predicted octanol–water partition coefficient (Wildman–Crippen LogP) is 3.64. The van der Waals surface area contributed by atoms with Gasteiger partial charge in [-0.3, -0.25) is 0 Å². The summed E-state index contributed by atoms with van der Waals surface area (Å²) in [6.07, 6.45) is 1.78. The number of nitrogens with zero attached hydrogens (tertiary/aromatic N) is 1. The molecule has 1 fully saturated rings. The lowest BCUT2D eigenvalue weighted by atomic mass is 10.1. The van der Waals surface area contributed by atoms with Gasteiger partial charge in [0.15, 0.2) is 0 Å². The minimum atomic E-state index is -3.68.